The molecule has 1 aliphatic heterocycles. The van der Waals surface area contributed by atoms with E-state index in [0.717, 1.165) is 47.7 Å². The van der Waals surface area contributed by atoms with Crippen LogP contribution in [0.15, 0.2) is 77.8 Å². The third kappa shape index (κ3) is 5.64. The molecule has 0 spiro atoms. The number of benzene rings is 3. The monoisotopic (exact) mass is 531 g/mol. The number of nitriles is 1. The molecule has 4 aromatic rings. The van der Waals surface area contributed by atoms with Crippen molar-refractivity contribution in [2.75, 3.05) is 6.54 Å². The van der Waals surface area contributed by atoms with Crippen molar-refractivity contribution in [3.63, 3.8) is 0 Å². The Hall–Kier alpha value is -3.14. The van der Waals surface area contributed by atoms with E-state index in [0.29, 0.717) is 28.0 Å². The molecule has 180 valence electrons. The molecule has 7 heteroatoms. The van der Waals surface area contributed by atoms with Gasteiger partial charge >= 0.3 is 0 Å². The lowest BCUT2D eigenvalue weighted by atomic mass is 10.0. The number of hydrogen-bond acceptors (Lipinski definition) is 5. The minimum atomic E-state index is 0.314. The molecule has 0 radical (unpaired) electrons. The first-order valence-corrected chi connectivity index (χ1v) is 13.2. The summed E-state index contributed by atoms with van der Waals surface area (Å²) >= 11 is 13.9. The first-order valence-electron chi connectivity index (χ1n) is 11.6. The molecule has 0 saturated heterocycles. The fourth-order valence-corrected chi connectivity index (χ4v) is 5.91. The van der Waals surface area contributed by atoms with Gasteiger partial charge in [-0.3, -0.25) is 4.90 Å². The van der Waals surface area contributed by atoms with Crippen LogP contribution in [-0.2, 0) is 26.1 Å². The Labute approximate surface area is 225 Å². The zero-order chi connectivity index (χ0) is 24.9. The van der Waals surface area contributed by atoms with Gasteiger partial charge in [0.25, 0.3) is 0 Å². The molecule has 0 bridgehead atoms. The van der Waals surface area contributed by atoms with Crippen molar-refractivity contribution in [2.24, 2.45) is 4.99 Å². The molecule has 0 N–H and O–H groups in total. The van der Waals surface area contributed by atoms with Crippen molar-refractivity contribution >= 4 is 45.8 Å². The Bertz CT molecular complexity index is 1440. The number of para-hydroxylation sites is 1. The van der Waals surface area contributed by atoms with Crippen molar-refractivity contribution in [3.8, 4) is 11.8 Å². The smallest absolute Gasteiger partial charge is 0.134 e. The van der Waals surface area contributed by atoms with Crippen LogP contribution in [0.3, 0.4) is 0 Å². The van der Waals surface area contributed by atoms with Crippen LogP contribution in [0, 0.1) is 11.3 Å². The molecule has 0 aliphatic carbocycles. The van der Waals surface area contributed by atoms with E-state index in [4.69, 9.17) is 32.9 Å². The van der Waals surface area contributed by atoms with Gasteiger partial charge in [-0.15, -0.1) is 11.3 Å². The Morgan fingerprint density at radius 1 is 1.06 bits per heavy atom. The van der Waals surface area contributed by atoms with Gasteiger partial charge in [0.05, 0.1) is 5.56 Å². The molecule has 2 heterocycles. The van der Waals surface area contributed by atoms with Gasteiger partial charge in [0.1, 0.15) is 23.4 Å². The predicted molar refractivity (Wildman–Crippen MR) is 148 cm³/mol. The molecule has 0 unspecified atom stereocenters. The first kappa shape index (κ1) is 24.5. The first-order chi connectivity index (χ1) is 17.6. The Balaban J connectivity index is 1.33. The number of aliphatic imine (C=N–C) groups is 1. The minimum Gasteiger partial charge on any atom is -0.488 e. The van der Waals surface area contributed by atoms with E-state index in [2.05, 4.69) is 35.2 Å². The lowest BCUT2D eigenvalue weighted by Gasteiger charge is -2.26. The summed E-state index contributed by atoms with van der Waals surface area (Å²) in [5.74, 6) is 0.695. The van der Waals surface area contributed by atoms with Crippen LogP contribution in [0.4, 0.5) is 5.00 Å². The number of hydrogen-bond donors (Lipinski definition) is 0. The highest BCUT2D eigenvalue weighted by Gasteiger charge is 2.24. The summed E-state index contributed by atoms with van der Waals surface area (Å²) in [6.07, 6.45) is 2.64. The summed E-state index contributed by atoms with van der Waals surface area (Å²) in [5.41, 5.74) is 4.82. The standard InChI is InChI=1S/C29H23Cl2N3OS/c30-23-11-10-22(26(31)14-23)19-35-27-9-5-4-8-21(27)16-33-29-25(15-32)24-12-13-34(18-28(24)36-29)17-20-6-2-1-3-7-20/h1-11,14,16H,12-13,17-19H2. The summed E-state index contributed by atoms with van der Waals surface area (Å²) in [6, 6.07) is 26.0. The van der Waals surface area contributed by atoms with Crippen molar-refractivity contribution < 1.29 is 4.74 Å². The van der Waals surface area contributed by atoms with Gasteiger partial charge in [0, 0.05) is 51.9 Å². The SMILES string of the molecule is N#Cc1c(N=Cc2ccccc2OCc2ccc(Cl)cc2Cl)sc2c1CCN(Cc1ccccc1)C2. The third-order valence-electron chi connectivity index (χ3n) is 6.12. The molecule has 0 amide bonds. The zero-order valence-corrected chi connectivity index (χ0v) is 21.8. The van der Waals surface area contributed by atoms with Gasteiger partial charge in [-0.05, 0) is 41.8 Å². The zero-order valence-electron chi connectivity index (χ0n) is 19.5. The van der Waals surface area contributed by atoms with E-state index < -0.39 is 0 Å². The molecule has 5 rings (SSSR count). The number of halogens is 2. The molecule has 1 aliphatic rings. The summed E-state index contributed by atoms with van der Waals surface area (Å²) in [7, 11) is 0. The van der Waals surface area contributed by atoms with Crippen LogP contribution in [0.25, 0.3) is 0 Å². The van der Waals surface area contributed by atoms with E-state index in [1.807, 2.05) is 36.4 Å². The number of nitrogens with zero attached hydrogens (tertiary/aromatic N) is 3. The average molecular weight is 532 g/mol. The lowest BCUT2D eigenvalue weighted by Crippen LogP contribution is -2.29. The molecule has 1 aromatic heterocycles. The van der Waals surface area contributed by atoms with Gasteiger partial charge in [-0.2, -0.15) is 5.26 Å². The number of thiophene rings is 1. The fraction of sp³-hybridized carbons (Fsp3) is 0.172. The lowest BCUT2D eigenvalue weighted by molar-refractivity contribution is 0.249. The number of rotatable bonds is 7. The van der Waals surface area contributed by atoms with Crippen LogP contribution in [0.2, 0.25) is 10.0 Å². The number of ether oxygens (including phenoxy) is 1. The van der Waals surface area contributed by atoms with Crippen LogP contribution in [0.1, 0.15) is 32.7 Å². The summed E-state index contributed by atoms with van der Waals surface area (Å²) < 4.78 is 6.05. The second-order valence-electron chi connectivity index (χ2n) is 8.56. The summed E-state index contributed by atoms with van der Waals surface area (Å²) in [4.78, 5) is 8.38. The Morgan fingerprint density at radius 2 is 1.86 bits per heavy atom. The largest absolute Gasteiger partial charge is 0.488 e. The van der Waals surface area contributed by atoms with Crippen LogP contribution in [-0.4, -0.2) is 17.7 Å². The normalized spacial score (nSPS) is 13.5. The topological polar surface area (TPSA) is 48.6 Å². The molecule has 0 atom stereocenters. The summed E-state index contributed by atoms with van der Waals surface area (Å²) in [5, 5.41) is 11.8. The van der Waals surface area contributed by atoms with E-state index in [1.165, 1.54) is 10.4 Å². The van der Waals surface area contributed by atoms with E-state index in [1.54, 1.807) is 29.7 Å². The second-order valence-corrected chi connectivity index (χ2v) is 10.5. The molecular weight excluding hydrogens is 509 g/mol. The highest BCUT2D eigenvalue weighted by atomic mass is 35.5. The predicted octanol–water partition coefficient (Wildman–Crippen LogP) is 7.81. The molecule has 0 fully saturated rings. The van der Waals surface area contributed by atoms with Crippen molar-refractivity contribution in [1.29, 1.82) is 5.26 Å². The van der Waals surface area contributed by atoms with Crippen LogP contribution in [0.5, 0.6) is 5.75 Å². The van der Waals surface area contributed by atoms with Gasteiger partial charge in [0.15, 0.2) is 0 Å². The molecule has 0 saturated carbocycles. The van der Waals surface area contributed by atoms with Gasteiger partial charge in [-0.1, -0.05) is 71.7 Å². The summed E-state index contributed by atoms with van der Waals surface area (Å²) in [6.45, 7) is 2.98. The van der Waals surface area contributed by atoms with Crippen LogP contribution >= 0.6 is 34.5 Å². The Kier molecular flexibility index (Phi) is 7.69. The molecule has 3 aromatic carbocycles. The average Bonchev–Trinajstić information content (AvgIpc) is 3.24. The highest BCUT2D eigenvalue weighted by molar-refractivity contribution is 7.16. The quantitative estimate of drug-likeness (QED) is 0.228. The van der Waals surface area contributed by atoms with Crippen LogP contribution < -0.4 is 4.74 Å². The van der Waals surface area contributed by atoms with Gasteiger partial charge in [0.2, 0.25) is 0 Å². The molecule has 36 heavy (non-hydrogen) atoms. The number of fused-ring (bicyclic) bond motifs is 1. The van der Waals surface area contributed by atoms with Crippen molar-refractivity contribution in [3.05, 3.63) is 116 Å². The van der Waals surface area contributed by atoms with Gasteiger partial charge < -0.3 is 4.74 Å². The van der Waals surface area contributed by atoms with E-state index in [9.17, 15) is 5.26 Å². The van der Waals surface area contributed by atoms with Crippen molar-refractivity contribution in [1.82, 2.24) is 4.90 Å². The molecular formula is C29H23Cl2N3OS. The second kappa shape index (κ2) is 11.3. The Morgan fingerprint density at radius 3 is 2.67 bits per heavy atom. The van der Waals surface area contributed by atoms with Crippen molar-refractivity contribution in [2.45, 2.75) is 26.1 Å². The maximum Gasteiger partial charge on any atom is 0.134 e. The third-order valence-corrected chi connectivity index (χ3v) is 7.83. The molecule has 4 nitrogen and oxygen atoms in total. The van der Waals surface area contributed by atoms with E-state index in [-0.39, 0.29) is 0 Å². The highest BCUT2D eigenvalue weighted by Crippen LogP contribution is 2.39. The fourth-order valence-electron chi connectivity index (χ4n) is 4.27. The van der Waals surface area contributed by atoms with Gasteiger partial charge in [-0.25, -0.2) is 4.99 Å². The minimum absolute atomic E-state index is 0.314. The maximum atomic E-state index is 9.89. The van der Waals surface area contributed by atoms with E-state index >= 15 is 0 Å². The maximum absolute atomic E-state index is 9.89.